The summed E-state index contributed by atoms with van der Waals surface area (Å²) in [5.74, 6) is -0.967. The van der Waals surface area contributed by atoms with Gasteiger partial charge < -0.3 is 9.84 Å². The van der Waals surface area contributed by atoms with Crippen LogP contribution in [-0.2, 0) is 12.6 Å². The molecule has 1 aromatic carbocycles. The molecule has 0 aliphatic heterocycles. The van der Waals surface area contributed by atoms with Gasteiger partial charge in [-0.05, 0) is 12.1 Å². The van der Waals surface area contributed by atoms with Gasteiger partial charge in [0.15, 0.2) is 0 Å². The van der Waals surface area contributed by atoms with Crippen molar-refractivity contribution < 1.29 is 23.0 Å². The fourth-order valence-corrected chi connectivity index (χ4v) is 1.22. The van der Waals surface area contributed by atoms with Crippen LogP contribution in [0.2, 0.25) is 0 Å². The highest BCUT2D eigenvalue weighted by molar-refractivity contribution is 5.48. The molecule has 1 rings (SSSR count). The van der Waals surface area contributed by atoms with Crippen molar-refractivity contribution in [2.45, 2.75) is 12.6 Å². The van der Waals surface area contributed by atoms with Crippen molar-refractivity contribution in [1.29, 1.82) is 5.26 Å². The van der Waals surface area contributed by atoms with Crippen molar-refractivity contribution in [1.82, 2.24) is 0 Å². The molecule has 3 nitrogen and oxygen atoms in total. The summed E-state index contributed by atoms with van der Waals surface area (Å²) < 4.78 is 42.1. The van der Waals surface area contributed by atoms with Gasteiger partial charge in [0.25, 0.3) is 0 Å². The second-order valence-corrected chi connectivity index (χ2v) is 3.02. The van der Waals surface area contributed by atoms with Crippen LogP contribution < -0.4 is 4.74 Å². The van der Waals surface area contributed by atoms with E-state index in [1.165, 1.54) is 13.2 Å². The second kappa shape index (κ2) is 4.31. The Balaban J connectivity index is 3.38. The average Bonchev–Trinajstić information content (AvgIpc) is 2.19. The number of phenols is 1. The molecule has 0 spiro atoms. The molecule has 0 bridgehead atoms. The van der Waals surface area contributed by atoms with E-state index in [0.717, 1.165) is 0 Å². The van der Waals surface area contributed by atoms with E-state index in [1.807, 2.05) is 0 Å². The van der Waals surface area contributed by atoms with Crippen LogP contribution >= 0.6 is 0 Å². The lowest BCUT2D eigenvalue weighted by molar-refractivity contribution is -0.138. The van der Waals surface area contributed by atoms with E-state index in [2.05, 4.69) is 4.74 Å². The lowest BCUT2D eigenvalue weighted by Crippen LogP contribution is -2.07. The Morgan fingerprint density at radius 2 is 2.06 bits per heavy atom. The first kappa shape index (κ1) is 12.2. The molecule has 0 radical (unpaired) electrons. The Labute approximate surface area is 89.7 Å². The third-order valence-electron chi connectivity index (χ3n) is 1.97. The molecule has 0 aromatic heterocycles. The van der Waals surface area contributed by atoms with E-state index in [9.17, 15) is 18.3 Å². The molecule has 0 aliphatic rings. The van der Waals surface area contributed by atoms with Gasteiger partial charge in [-0.1, -0.05) is 0 Å². The maximum absolute atomic E-state index is 12.5. The van der Waals surface area contributed by atoms with E-state index in [4.69, 9.17) is 5.26 Å². The molecule has 6 heteroatoms. The van der Waals surface area contributed by atoms with Crippen LogP contribution in [0.1, 0.15) is 11.1 Å². The van der Waals surface area contributed by atoms with Gasteiger partial charge in [0.1, 0.15) is 17.1 Å². The first-order valence-electron chi connectivity index (χ1n) is 4.24. The van der Waals surface area contributed by atoms with Gasteiger partial charge in [-0.15, -0.1) is 0 Å². The molecule has 86 valence electrons. The number of halogens is 3. The Bertz CT molecular complexity index is 435. The molecule has 0 heterocycles. The van der Waals surface area contributed by atoms with Gasteiger partial charge in [-0.3, -0.25) is 0 Å². The van der Waals surface area contributed by atoms with Gasteiger partial charge >= 0.3 is 6.18 Å². The summed E-state index contributed by atoms with van der Waals surface area (Å²) in [5, 5.41) is 17.8. The highest BCUT2D eigenvalue weighted by Gasteiger charge is 2.35. The zero-order valence-corrected chi connectivity index (χ0v) is 8.30. The Kier molecular flexibility index (Phi) is 3.28. The molecular weight excluding hydrogens is 223 g/mol. The van der Waals surface area contributed by atoms with Crippen LogP contribution in [0.25, 0.3) is 0 Å². The number of alkyl halides is 3. The normalized spacial score (nSPS) is 10.9. The lowest BCUT2D eigenvalue weighted by Gasteiger charge is -2.13. The fourth-order valence-electron chi connectivity index (χ4n) is 1.22. The van der Waals surface area contributed by atoms with Crippen molar-refractivity contribution in [3.63, 3.8) is 0 Å². The van der Waals surface area contributed by atoms with Crippen molar-refractivity contribution in [3.05, 3.63) is 23.3 Å². The summed E-state index contributed by atoms with van der Waals surface area (Å²) in [6, 6.07) is 3.56. The summed E-state index contributed by atoms with van der Waals surface area (Å²) in [5.41, 5.74) is -1.30. The number of methoxy groups -OCH3 is 1. The van der Waals surface area contributed by atoms with Crippen molar-refractivity contribution >= 4 is 0 Å². The SMILES string of the molecule is COc1cc(CC#N)c(O)c(C(F)(F)F)c1. The smallest absolute Gasteiger partial charge is 0.420 e. The third kappa shape index (κ3) is 2.37. The zero-order valence-electron chi connectivity index (χ0n) is 8.30. The van der Waals surface area contributed by atoms with Crippen LogP contribution in [-0.4, -0.2) is 12.2 Å². The Morgan fingerprint density at radius 3 is 2.50 bits per heavy atom. The Morgan fingerprint density at radius 1 is 1.44 bits per heavy atom. The number of nitrogens with zero attached hydrogens (tertiary/aromatic N) is 1. The molecule has 0 aliphatic carbocycles. The molecule has 1 N–H and O–H groups in total. The first-order chi connectivity index (χ1) is 7.40. The summed E-state index contributed by atoms with van der Waals surface area (Å²) in [6.45, 7) is 0. The van der Waals surface area contributed by atoms with Crippen LogP contribution in [0.5, 0.6) is 11.5 Å². The van der Waals surface area contributed by atoms with Gasteiger partial charge in [0.05, 0.1) is 19.6 Å². The minimum absolute atomic E-state index is 0.0459. The first-order valence-corrected chi connectivity index (χ1v) is 4.24. The minimum atomic E-state index is -4.68. The number of rotatable bonds is 2. The molecule has 0 unspecified atom stereocenters. The maximum Gasteiger partial charge on any atom is 0.420 e. The number of hydrogen-bond donors (Lipinski definition) is 1. The quantitative estimate of drug-likeness (QED) is 0.850. The largest absolute Gasteiger partial charge is 0.507 e. The molecular formula is C10H8F3NO2. The standard InChI is InChI=1S/C10H8F3NO2/c1-16-7-4-6(2-3-14)9(15)8(5-7)10(11,12)13/h4-5,15H,2H2,1H3. The van der Waals surface area contributed by atoms with Gasteiger partial charge in [-0.2, -0.15) is 18.4 Å². The van der Waals surface area contributed by atoms with Crippen LogP contribution in [0.4, 0.5) is 13.2 Å². The van der Waals surface area contributed by atoms with Crippen molar-refractivity contribution in [2.75, 3.05) is 7.11 Å². The van der Waals surface area contributed by atoms with Crippen LogP contribution in [0.3, 0.4) is 0 Å². The fraction of sp³-hybridized carbons (Fsp3) is 0.300. The van der Waals surface area contributed by atoms with Crippen LogP contribution in [0, 0.1) is 11.3 Å². The van der Waals surface area contributed by atoms with Crippen molar-refractivity contribution in [2.24, 2.45) is 0 Å². The third-order valence-corrected chi connectivity index (χ3v) is 1.97. The minimum Gasteiger partial charge on any atom is -0.507 e. The highest BCUT2D eigenvalue weighted by atomic mass is 19.4. The average molecular weight is 231 g/mol. The molecule has 0 saturated carbocycles. The molecule has 0 amide bonds. The van der Waals surface area contributed by atoms with E-state index in [1.54, 1.807) is 6.07 Å². The van der Waals surface area contributed by atoms with E-state index >= 15 is 0 Å². The summed E-state index contributed by atoms with van der Waals surface area (Å²) in [7, 11) is 1.21. The predicted octanol–water partition coefficient (Wildman–Crippen LogP) is 2.49. The zero-order chi connectivity index (χ0) is 12.3. The molecule has 0 fully saturated rings. The molecule has 16 heavy (non-hydrogen) atoms. The van der Waals surface area contributed by atoms with Crippen molar-refractivity contribution in [3.8, 4) is 17.6 Å². The number of benzene rings is 1. The molecule has 0 saturated heterocycles. The van der Waals surface area contributed by atoms with E-state index in [-0.39, 0.29) is 17.7 Å². The van der Waals surface area contributed by atoms with Crippen LogP contribution in [0.15, 0.2) is 12.1 Å². The Hall–Kier alpha value is -1.90. The monoisotopic (exact) mass is 231 g/mol. The summed E-state index contributed by atoms with van der Waals surface area (Å²) in [6.07, 6.45) is -4.99. The van der Waals surface area contributed by atoms with E-state index in [0.29, 0.717) is 6.07 Å². The van der Waals surface area contributed by atoms with Gasteiger partial charge in [0, 0.05) is 5.56 Å². The maximum atomic E-state index is 12.5. The number of aromatic hydroxyl groups is 1. The van der Waals surface area contributed by atoms with Gasteiger partial charge in [-0.25, -0.2) is 0 Å². The molecule has 0 atom stereocenters. The predicted molar refractivity (Wildman–Crippen MR) is 49.0 cm³/mol. The second-order valence-electron chi connectivity index (χ2n) is 3.02. The summed E-state index contributed by atoms with van der Waals surface area (Å²) in [4.78, 5) is 0. The number of hydrogen-bond acceptors (Lipinski definition) is 3. The molecule has 1 aromatic rings. The summed E-state index contributed by atoms with van der Waals surface area (Å²) >= 11 is 0. The van der Waals surface area contributed by atoms with Gasteiger partial charge in [0.2, 0.25) is 0 Å². The number of nitriles is 1. The lowest BCUT2D eigenvalue weighted by atomic mass is 10.1. The number of phenolic OH excluding ortho intramolecular Hbond substituents is 1. The number of ether oxygens (including phenoxy) is 1. The van der Waals surface area contributed by atoms with E-state index < -0.39 is 17.5 Å². The highest BCUT2D eigenvalue weighted by Crippen LogP contribution is 2.40. The topological polar surface area (TPSA) is 53.2 Å².